The van der Waals surface area contributed by atoms with Gasteiger partial charge in [-0.1, -0.05) is 6.07 Å². The molecule has 1 aromatic heterocycles. The van der Waals surface area contributed by atoms with Gasteiger partial charge in [0.15, 0.2) is 27.2 Å². The molecule has 1 saturated carbocycles. The Balaban J connectivity index is 1.91. The molecule has 0 unspecified atom stereocenters. The molecule has 0 aliphatic heterocycles. The Morgan fingerprint density at radius 3 is 2.52 bits per heavy atom. The zero-order chi connectivity index (χ0) is 21.2. The van der Waals surface area contributed by atoms with E-state index < -0.39 is 15.7 Å². The molecule has 1 heterocycles. The minimum Gasteiger partial charge on any atom is -0.393 e. The predicted molar refractivity (Wildman–Crippen MR) is 113 cm³/mol. The summed E-state index contributed by atoms with van der Waals surface area (Å²) in [6.45, 7) is 0. The molecular weight excluding hydrogens is 462 g/mol. The van der Waals surface area contributed by atoms with Gasteiger partial charge in [-0.25, -0.2) is 18.4 Å². The van der Waals surface area contributed by atoms with Crippen molar-refractivity contribution in [3.8, 4) is 0 Å². The first-order chi connectivity index (χ1) is 13.6. The standard InChI is InChI=1S/C18H22BrN5O4S/c1-29(27,28)13-4-2-3-11(9-13)22-17-14(16(20)26)23-15(19)18(24-17)21-10-5-7-12(25)8-6-10/h2-4,9-10,12,25H,5-8H2,1H3,(H2,20,26)(H2,21,22,24)/t10-,12-. The number of benzene rings is 1. The Labute approximate surface area is 177 Å². The Hall–Kier alpha value is -2.24. The van der Waals surface area contributed by atoms with Crippen LogP contribution in [-0.4, -0.2) is 47.8 Å². The summed E-state index contributed by atoms with van der Waals surface area (Å²) in [6.07, 6.45) is 3.80. The molecule has 9 nitrogen and oxygen atoms in total. The number of nitrogens with zero attached hydrogens (tertiary/aromatic N) is 2. The largest absolute Gasteiger partial charge is 0.393 e. The summed E-state index contributed by atoms with van der Waals surface area (Å²) in [5, 5.41) is 15.9. The van der Waals surface area contributed by atoms with Crippen molar-refractivity contribution >= 4 is 49.0 Å². The van der Waals surface area contributed by atoms with Gasteiger partial charge in [0.1, 0.15) is 4.60 Å². The van der Waals surface area contributed by atoms with Gasteiger partial charge in [0, 0.05) is 18.0 Å². The molecule has 0 spiro atoms. The molecule has 0 radical (unpaired) electrons. The number of amides is 1. The van der Waals surface area contributed by atoms with Gasteiger partial charge in [-0.05, 0) is 59.8 Å². The lowest BCUT2D eigenvalue weighted by Crippen LogP contribution is -2.29. The van der Waals surface area contributed by atoms with Crippen molar-refractivity contribution in [2.45, 2.75) is 42.7 Å². The van der Waals surface area contributed by atoms with Crippen LogP contribution in [0.4, 0.5) is 17.3 Å². The van der Waals surface area contributed by atoms with Crippen molar-refractivity contribution in [2.75, 3.05) is 16.9 Å². The number of nitrogens with one attached hydrogen (secondary N) is 2. The van der Waals surface area contributed by atoms with Crippen molar-refractivity contribution in [1.82, 2.24) is 9.97 Å². The number of primary amides is 1. The molecule has 1 aliphatic carbocycles. The van der Waals surface area contributed by atoms with Crippen LogP contribution in [-0.2, 0) is 9.84 Å². The summed E-state index contributed by atoms with van der Waals surface area (Å²) in [6, 6.07) is 6.28. The number of carbonyl (C=O) groups is 1. The van der Waals surface area contributed by atoms with Crippen molar-refractivity contribution in [3.05, 3.63) is 34.6 Å². The summed E-state index contributed by atoms with van der Waals surface area (Å²) in [5.74, 6) is -0.227. The fraction of sp³-hybridized carbons (Fsp3) is 0.389. The normalized spacial score (nSPS) is 19.6. The van der Waals surface area contributed by atoms with Gasteiger partial charge < -0.3 is 21.5 Å². The van der Waals surface area contributed by atoms with Crippen LogP contribution in [0, 0.1) is 0 Å². The quantitative estimate of drug-likeness (QED) is 0.488. The second-order valence-corrected chi connectivity index (χ2v) is 9.77. The number of rotatable bonds is 6. The third kappa shape index (κ3) is 5.43. The molecule has 1 aromatic carbocycles. The molecular formula is C18H22BrN5O4S. The Kier molecular flexibility index (Phi) is 6.39. The van der Waals surface area contributed by atoms with E-state index in [0.717, 1.165) is 19.1 Å². The fourth-order valence-corrected chi connectivity index (χ4v) is 4.17. The van der Waals surface area contributed by atoms with Crippen molar-refractivity contribution in [3.63, 3.8) is 0 Å². The number of halogens is 1. The lowest BCUT2D eigenvalue weighted by atomic mass is 9.93. The number of nitrogens with two attached hydrogens (primary N) is 1. The second-order valence-electron chi connectivity index (χ2n) is 7.00. The molecule has 29 heavy (non-hydrogen) atoms. The molecule has 2 aromatic rings. The summed E-state index contributed by atoms with van der Waals surface area (Å²) >= 11 is 3.31. The van der Waals surface area contributed by atoms with Crippen LogP contribution >= 0.6 is 15.9 Å². The minimum atomic E-state index is -3.39. The van der Waals surface area contributed by atoms with E-state index in [1.165, 1.54) is 12.1 Å². The van der Waals surface area contributed by atoms with E-state index in [4.69, 9.17) is 5.73 Å². The molecule has 1 aliphatic rings. The monoisotopic (exact) mass is 483 g/mol. The zero-order valence-corrected chi connectivity index (χ0v) is 18.1. The lowest BCUT2D eigenvalue weighted by Gasteiger charge is -2.27. The Bertz CT molecular complexity index is 1020. The fourth-order valence-electron chi connectivity index (χ4n) is 3.12. The highest BCUT2D eigenvalue weighted by Crippen LogP contribution is 2.29. The molecule has 1 fully saturated rings. The van der Waals surface area contributed by atoms with Gasteiger partial charge in [0.25, 0.3) is 5.91 Å². The number of hydrogen-bond acceptors (Lipinski definition) is 8. The number of aromatic nitrogens is 2. The first-order valence-electron chi connectivity index (χ1n) is 9.02. The number of sulfone groups is 1. The SMILES string of the molecule is CS(=O)(=O)c1cccc(Nc2nc(N[C@H]3CC[C@H](O)CC3)c(Br)nc2C(N)=O)c1. The number of carbonyl (C=O) groups excluding carboxylic acids is 1. The maximum absolute atomic E-state index is 11.8. The van der Waals surface area contributed by atoms with E-state index in [0.29, 0.717) is 29.0 Å². The zero-order valence-electron chi connectivity index (χ0n) is 15.7. The molecule has 5 N–H and O–H groups in total. The van der Waals surface area contributed by atoms with Gasteiger partial charge in [0.05, 0.1) is 11.0 Å². The van der Waals surface area contributed by atoms with Crippen molar-refractivity contribution in [2.24, 2.45) is 5.73 Å². The first kappa shape index (κ1) is 21.5. The van der Waals surface area contributed by atoms with E-state index in [9.17, 15) is 18.3 Å². The number of aliphatic hydroxyl groups excluding tert-OH is 1. The molecule has 11 heteroatoms. The van der Waals surface area contributed by atoms with E-state index >= 15 is 0 Å². The van der Waals surface area contributed by atoms with E-state index in [1.807, 2.05) is 0 Å². The summed E-state index contributed by atoms with van der Waals surface area (Å²) in [5.41, 5.74) is 5.79. The predicted octanol–water partition coefficient (Wildman–Crippen LogP) is 2.20. The third-order valence-electron chi connectivity index (χ3n) is 4.65. The van der Waals surface area contributed by atoms with Crippen LogP contribution in [0.25, 0.3) is 0 Å². The molecule has 156 valence electrons. The average molecular weight is 484 g/mol. The average Bonchev–Trinajstić information content (AvgIpc) is 2.65. The highest BCUT2D eigenvalue weighted by molar-refractivity contribution is 9.10. The maximum Gasteiger partial charge on any atom is 0.271 e. The van der Waals surface area contributed by atoms with E-state index in [-0.39, 0.29) is 28.6 Å². The second kappa shape index (κ2) is 8.64. The maximum atomic E-state index is 11.8. The number of aliphatic hydroxyl groups is 1. The van der Waals surface area contributed by atoms with Crippen molar-refractivity contribution in [1.29, 1.82) is 0 Å². The van der Waals surface area contributed by atoms with Gasteiger partial charge in [0.2, 0.25) is 0 Å². The topological polar surface area (TPSA) is 147 Å². The smallest absolute Gasteiger partial charge is 0.271 e. The lowest BCUT2D eigenvalue weighted by molar-refractivity contribution is 0.0996. The van der Waals surface area contributed by atoms with E-state index in [1.54, 1.807) is 12.1 Å². The molecule has 3 rings (SSSR count). The summed E-state index contributed by atoms with van der Waals surface area (Å²) < 4.78 is 23.9. The van der Waals surface area contributed by atoms with Gasteiger partial charge in [-0.2, -0.15) is 0 Å². The van der Waals surface area contributed by atoms with Gasteiger partial charge >= 0.3 is 0 Å². The van der Waals surface area contributed by atoms with Crippen LogP contribution in [0.3, 0.4) is 0 Å². The minimum absolute atomic E-state index is 0.0775. The molecule has 0 bridgehead atoms. The number of anilines is 3. The van der Waals surface area contributed by atoms with E-state index in [2.05, 4.69) is 36.5 Å². The Morgan fingerprint density at radius 1 is 1.21 bits per heavy atom. The van der Waals surface area contributed by atoms with Crippen LogP contribution < -0.4 is 16.4 Å². The van der Waals surface area contributed by atoms with Crippen LogP contribution in [0.2, 0.25) is 0 Å². The molecule has 0 saturated heterocycles. The van der Waals surface area contributed by atoms with Crippen LogP contribution in [0.5, 0.6) is 0 Å². The highest BCUT2D eigenvalue weighted by Gasteiger charge is 2.23. The third-order valence-corrected chi connectivity index (χ3v) is 6.31. The number of hydrogen-bond donors (Lipinski definition) is 4. The highest BCUT2D eigenvalue weighted by atomic mass is 79.9. The summed E-state index contributed by atoms with van der Waals surface area (Å²) in [4.78, 5) is 20.6. The molecule has 1 amide bonds. The molecule has 0 atom stereocenters. The first-order valence-corrected chi connectivity index (χ1v) is 11.7. The Morgan fingerprint density at radius 2 is 1.90 bits per heavy atom. The van der Waals surface area contributed by atoms with Gasteiger partial charge in [-0.15, -0.1) is 0 Å². The van der Waals surface area contributed by atoms with Crippen molar-refractivity contribution < 1.29 is 18.3 Å². The van der Waals surface area contributed by atoms with Gasteiger partial charge in [-0.3, -0.25) is 4.79 Å². The summed E-state index contributed by atoms with van der Waals surface area (Å²) in [7, 11) is -3.39. The van der Waals surface area contributed by atoms with Crippen LogP contribution in [0.15, 0.2) is 33.8 Å². The van der Waals surface area contributed by atoms with Crippen LogP contribution in [0.1, 0.15) is 36.2 Å².